The molecule has 0 saturated heterocycles. The summed E-state index contributed by atoms with van der Waals surface area (Å²) in [4.78, 5) is 15.2. The maximum Gasteiger partial charge on any atom is 0.341 e. The summed E-state index contributed by atoms with van der Waals surface area (Å²) in [7, 11) is -1.65. The van der Waals surface area contributed by atoms with Crippen LogP contribution in [0.2, 0.25) is 19.6 Å². The first-order chi connectivity index (χ1) is 9.50. The Balaban J connectivity index is 0.000000433. The van der Waals surface area contributed by atoms with Crippen LogP contribution in [0.4, 0.5) is 5.82 Å². The Hall–Kier alpha value is -0.533. The lowest BCUT2D eigenvalue weighted by Gasteiger charge is -2.20. The average molecular weight is 430 g/mol. The second-order valence-corrected chi connectivity index (χ2v) is 11.6. The van der Waals surface area contributed by atoms with Gasteiger partial charge in [-0.25, -0.2) is 4.79 Å². The van der Waals surface area contributed by atoms with Gasteiger partial charge in [-0.05, 0) is 22.6 Å². The molecule has 1 heterocycles. The Bertz CT molecular complexity index is 506. The summed E-state index contributed by atoms with van der Waals surface area (Å²) in [6.07, 6.45) is 1.79. The van der Waals surface area contributed by atoms with Crippen molar-refractivity contribution in [2.24, 2.45) is 5.73 Å². The Kier molecular flexibility index (Phi) is 7.98. The smallest absolute Gasteiger partial charge is 0.341 e. The first kappa shape index (κ1) is 20.5. The van der Waals surface area contributed by atoms with Crippen molar-refractivity contribution < 1.29 is 15.3 Å². The summed E-state index contributed by atoms with van der Waals surface area (Å²) in [5.74, 6) is 0.320. The predicted octanol–water partition coefficient (Wildman–Crippen LogP) is -1.23. The molecule has 0 spiro atoms. The van der Waals surface area contributed by atoms with Gasteiger partial charge in [0, 0.05) is 6.20 Å². The van der Waals surface area contributed by atoms with E-state index in [0.717, 1.165) is 3.57 Å². The van der Waals surface area contributed by atoms with E-state index in [0.29, 0.717) is 5.82 Å². The lowest BCUT2D eigenvalue weighted by atomic mass is 10.1. The van der Waals surface area contributed by atoms with Gasteiger partial charge >= 0.3 is 5.69 Å². The maximum atomic E-state index is 11.4. The molecule has 1 aromatic rings. The van der Waals surface area contributed by atoms with Crippen LogP contribution in [-0.2, 0) is 0 Å². The largest absolute Gasteiger partial charge is 0.394 e. The maximum absolute atomic E-state index is 11.4. The zero-order valence-corrected chi connectivity index (χ0v) is 15.5. The summed E-state index contributed by atoms with van der Waals surface area (Å²) in [6, 6.07) is 0. The molecule has 0 aliphatic heterocycles. The van der Waals surface area contributed by atoms with Gasteiger partial charge in [0.15, 0.2) is 8.24 Å². The zero-order valence-electron chi connectivity index (χ0n) is 12.4. The number of aliphatic hydroxyl groups excluding tert-OH is 3. The van der Waals surface area contributed by atoms with Crippen molar-refractivity contribution in [2.45, 2.75) is 25.2 Å². The van der Waals surface area contributed by atoms with Crippen molar-refractivity contribution in [3.05, 3.63) is 20.3 Å². The molecule has 7 N–H and O–H groups in total. The summed E-state index contributed by atoms with van der Waals surface area (Å²) in [6.45, 7) is 5.05. The molecule has 122 valence electrons. The minimum Gasteiger partial charge on any atom is -0.394 e. The van der Waals surface area contributed by atoms with Gasteiger partial charge in [0.05, 0.1) is 28.9 Å². The molecule has 0 aromatic carbocycles. The molecule has 8 nitrogen and oxygen atoms in total. The Morgan fingerprint density at radius 2 is 1.71 bits per heavy atom. The summed E-state index contributed by atoms with van der Waals surface area (Å²) in [5.41, 5.74) is 9.21. The SMILES string of the molecule is C[Si](C)(C)n1cc(I)c(N)nc1=O.NC(CO)(CO)CO. The third-order valence-electron chi connectivity index (χ3n) is 2.58. The van der Waals surface area contributed by atoms with Crippen molar-refractivity contribution in [3.63, 3.8) is 0 Å². The normalized spacial score (nSPS) is 11.8. The van der Waals surface area contributed by atoms with Gasteiger partial charge in [0.2, 0.25) is 0 Å². The number of rotatable bonds is 4. The second-order valence-electron chi connectivity index (χ2n) is 5.63. The molecule has 0 saturated carbocycles. The van der Waals surface area contributed by atoms with Gasteiger partial charge in [0.25, 0.3) is 0 Å². The van der Waals surface area contributed by atoms with Crippen LogP contribution in [0, 0.1) is 3.57 Å². The molecule has 0 aliphatic carbocycles. The fraction of sp³-hybridized carbons (Fsp3) is 0.636. The van der Waals surface area contributed by atoms with Crippen LogP contribution < -0.4 is 17.2 Å². The molecule has 1 rings (SSSR count). The number of hydrogen-bond acceptors (Lipinski definition) is 7. The van der Waals surface area contributed by atoms with E-state index < -0.39 is 33.6 Å². The number of aromatic nitrogens is 2. The molecule has 0 unspecified atom stereocenters. The van der Waals surface area contributed by atoms with Gasteiger partial charge in [-0.1, -0.05) is 19.6 Å². The van der Waals surface area contributed by atoms with E-state index in [9.17, 15) is 4.79 Å². The Morgan fingerprint density at radius 1 is 1.29 bits per heavy atom. The van der Waals surface area contributed by atoms with Crippen LogP contribution in [-0.4, -0.2) is 58.1 Å². The zero-order chi connectivity index (χ0) is 16.8. The number of hydrogen-bond donors (Lipinski definition) is 5. The first-order valence-corrected chi connectivity index (χ1v) is 10.7. The van der Waals surface area contributed by atoms with Gasteiger partial charge in [-0.3, -0.25) is 0 Å². The molecule has 0 bridgehead atoms. The second kappa shape index (κ2) is 8.19. The van der Waals surface area contributed by atoms with E-state index >= 15 is 0 Å². The fourth-order valence-corrected chi connectivity index (χ4v) is 2.88. The van der Waals surface area contributed by atoms with Crippen molar-refractivity contribution in [1.29, 1.82) is 0 Å². The van der Waals surface area contributed by atoms with Gasteiger partial charge in [-0.2, -0.15) is 4.98 Å². The highest BCUT2D eigenvalue weighted by atomic mass is 127. The standard InChI is InChI=1S/C7H12IN3OSi.C4H11NO3/c1-13(2,3)11-4-5(8)6(9)10-7(11)12;5-4(1-6,2-7)3-8/h4H,1-3H3,(H2,9,10,12);6-8H,1-3,5H2. The van der Waals surface area contributed by atoms with Crippen molar-refractivity contribution >= 4 is 36.6 Å². The Labute approximate surface area is 138 Å². The van der Waals surface area contributed by atoms with Crippen LogP contribution in [0.25, 0.3) is 0 Å². The Morgan fingerprint density at radius 3 is 2.00 bits per heavy atom. The van der Waals surface area contributed by atoms with Gasteiger partial charge in [-0.15, -0.1) is 0 Å². The number of nitrogen functional groups attached to an aromatic ring is 1. The third-order valence-corrected chi connectivity index (χ3v) is 5.17. The lowest BCUT2D eigenvalue weighted by molar-refractivity contribution is 0.0698. The summed E-state index contributed by atoms with van der Waals surface area (Å²) >= 11 is 2.08. The van der Waals surface area contributed by atoms with Gasteiger partial charge in [0.1, 0.15) is 5.82 Å². The third kappa shape index (κ3) is 6.40. The van der Waals surface area contributed by atoms with Crippen LogP contribution in [0.3, 0.4) is 0 Å². The molecular formula is C11H23IN4O4Si. The van der Waals surface area contributed by atoms with E-state index in [1.165, 1.54) is 0 Å². The average Bonchev–Trinajstić information content (AvgIpc) is 2.41. The number of aliphatic hydroxyl groups is 3. The van der Waals surface area contributed by atoms with E-state index in [-0.39, 0.29) is 5.69 Å². The molecular weight excluding hydrogens is 407 g/mol. The molecule has 0 fully saturated rings. The number of nitrogens with two attached hydrogens (primary N) is 2. The topological polar surface area (TPSA) is 148 Å². The predicted molar refractivity (Wildman–Crippen MR) is 92.5 cm³/mol. The van der Waals surface area contributed by atoms with Crippen molar-refractivity contribution in [2.75, 3.05) is 25.6 Å². The molecule has 10 heteroatoms. The minimum atomic E-state index is -1.65. The van der Waals surface area contributed by atoms with Crippen LogP contribution in [0.5, 0.6) is 0 Å². The van der Waals surface area contributed by atoms with Crippen LogP contribution in [0.1, 0.15) is 0 Å². The number of nitrogens with zero attached hydrogens (tertiary/aromatic N) is 2. The monoisotopic (exact) mass is 430 g/mol. The summed E-state index contributed by atoms with van der Waals surface area (Å²) in [5, 5.41) is 25.0. The highest BCUT2D eigenvalue weighted by Crippen LogP contribution is 2.11. The van der Waals surface area contributed by atoms with E-state index in [1.807, 2.05) is 0 Å². The van der Waals surface area contributed by atoms with Crippen molar-refractivity contribution in [1.82, 2.24) is 9.22 Å². The van der Waals surface area contributed by atoms with E-state index in [4.69, 9.17) is 26.8 Å². The highest BCUT2D eigenvalue weighted by molar-refractivity contribution is 14.1. The highest BCUT2D eigenvalue weighted by Gasteiger charge is 2.21. The van der Waals surface area contributed by atoms with Crippen LogP contribution in [0.15, 0.2) is 11.0 Å². The van der Waals surface area contributed by atoms with Crippen molar-refractivity contribution in [3.8, 4) is 0 Å². The van der Waals surface area contributed by atoms with E-state index in [1.54, 1.807) is 10.4 Å². The first-order valence-electron chi connectivity index (χ1n) is 6.17. The molecule has 0 atom stereocenters. The number of halogens is 1. The molecule has 0 aliphatic rings. The molecule has 0 amide bonds. The quantitative estimate of drug-likeness (QED) is 0.297. The van der Waals surface area contributed by atoms with Crippen LogP contribution >= 0.6 is 22.6 Å². The lowest BCUT2D eigenvalue weighted by Crippen LogP contribution is -2.50. The molecule has 21 heavy (non-hydrogen) atoms. The van der Waals surface area contributed by atoms with Gasteiger partial charge < -0.3 is 31.0 Å². The molecule has 0 radical (unpaired) electrons. The molecule has 1 aromatic heterocycles. The fourth-order valence-electron chi connectivity index (χ4n) is 1.08. The van der Waals surface area contributed by atoms with E-state index in [2.05, 4.69) is 47.2 Å². The minimum absolute atomic E-state index is 0.239. The number of anilines is 1. The summed E-state index contributed by atoms with van der Waals surface area (Å²) < 4.78 is 2.55.